The predicted molar refractivity (Wildman–Crippen MR) is 77.2 cm³/mol. The minimum atomic E-state index is -0.459. The molecule has 0 bridgehead atoms. The van der Waals surface area contributed by atoms with Crippen molar-refractivity contribution in [1.82, 2.24) is 9.97 Å². The van der Waals surface area contributed by atoms with E-state index < -0.39 is 6.10 Å². The molecule has 0 spiro atoms. The molecule has 0 saturated heterocycles. The zero-order valence-corrected chi connectivity index (χ0v) is 11.6. The fourth-order valence-electron chi connectivity index (χ4n) is 2.56. The zero-order valence-electron chi connectivity index (χ0n) is 11.6. The number of unbranched alkanes of at least 4 members (excludes halogenated alkanes) is 1. The van der Waals surface area contributed by atoms with E-state index in [-0.39, 0.29) is 11.6 Å². The molecular weight excluding hydrogens is 240 g/mol. The molecule has 2 rings (SSSR count). The third-order valence-corrected chi connectivity index (χ3v) is 3.78. The van der Waals surface area contributed by atoms with Crippen LogP contribution >= 0.6 is 0 Å². The fraction of sp³-hybridized carbons (Fsp3) is 0.533. The van der Waals surface area contributed by atoms with Crippen LogP contribution in [-0.2, 0) is 0 Å². The number of imidazole rings is 1. The molecule has 2 aromatic rings. The van der Waals surface area contributed by atoms with Gasteiger partial charge in [-0.05, 0) is 30.0 Å². The molecule has 4 nitrogen and oxygen atoms in total. The van der Waals surface area contributed by atoms with Crippen molar-refractivity contribution in [3.05, 3.63) is 34.2 Å². The lowest BCUT2D eigenvalue weighted by Gasteiger charge is -2.21. The smallest absolute Gasteiger partial charge is 0.323 e. The van der Waals surface area contributed by atoms with Crippen LogP contribution in [0.2, 0.25) is 0 Å². The van der Waals surface area contributed by atoms with Gasteiger partial charge in [-0.3, -0.25) is 0 Å². The van der Waals surface area contributed by atoms with Crippen LogP contribution in [0.1, 0.15) is 51.2 Å². The van der Waals surface area contributed by atoms with E-state index in [1.807, 2.05) is 18.2 Å². The largest absolute Gasteiger partial charge is 0.388 e. The highest BCUT2D eigenvalue weighted by Gasteiger charge is 2.19. The third kappa shape index (κ3) is 3.07. The van der Waals surface area contributed by atoms with Gasteiger partial charge in [0.1, 0.15) is 0 Å². The molecule has 4 heteroatoms. The number of aromatic amines is 2. The minimum Gasteiger partial charge on any atom is -0.388 e. The van der Waals surface area contributed by atoms with Crippen molar-refractivity contribution in [2.45, 2.75) is 45.6 Å². The second-order valence-corrected chi connectivity index (χ2v) is 5.14. The number of fused-ring (bicyclic) bond motifs is 1. The molecule has 2 atom stereocenters. The van der Waals surface area contributed by atoms with Gasteiger partial charge in [0.25, 0.3) is 0 Å². The lowest BCUT2D eigenvalue weighted by Crippen LogP contribution is -2.12. The van der Waals surface area contributed by atoms with Crippen molar-refractivity contribution < 1.29 is 5.11 Å². The molecule has 1 heterocycles. The summed E-state index contributed by atoms with van der Waals surface area (Å²) in [7, 11) is 0. The summed E-state index contributed by atoms with van der Waals surface area (Å²) in [5.41, 5.74) is 2.21. The summed E-state index contributed by atoms with van der Waals surface area (Å²) in [6.07, 6.45) is 3.82. The van der Waals surface area contributed by atoms with Crippen molar-refractivity contribution in [2.75, 3.05) is 0 Å². The molecule has 0 fully saturated rings. The molecule has 0 amide bonds. The van der Waals surface area contributed by atoms with E-state index in [9.17, 15) is 9.90 Å². The molecule has 104 valence electrons. The number of aromatic nitrogens is 2. The number of aliphatic hydroxyl groups is 1. The molecule has 0 aliphatic rings. The Morgan fingerprint density at radius 2 is 1.95 bits per heavy atom. The summed E-state index contributed by atoms with van der Waals surface area (Å²) in [4.78, 5) is 16.7. The Bertz CT molecular complexity index is 585. The third-order valence-electron chi connectivity index (χ3n) is 3.78. The van der Waals surface area contributed by atoms with Crippen LogP contribution in [0.25, 0.3) is 11.0 Å². The van der Waals surface area contributed by atoms with Gasteiger partial charge < -0.3 is 15.1 Å². The minimum absolute atomic E-state index is 0.209. The fourth-order valence-corrected chi connectivity index (χ4v) is 2.56. The number of aliphatic hydroxyl groups excluding tert-OH is 1. The molecule has 3 N–H and O–H groups in total. The van der Waals surface area contributed by atoms with E-state index in [0.29, 0.717) is 0 Å². The number of benzene rings is 1. The highest BCUT2D eigenvalue weighted by atomic mass is 16.3. The molecule has 0 aliphatic carbocycles. The van der Waals surface area contributed by atoms with Crippen molar-refractivity contribution in [3.8, 4) is 0 Å². The van der Waals surface area contributed by atoms with Gasteiger partial charge in [-0.25, -0.2) is 4.79 Å². The Morgan fingerprint density at radius 3 is 2.63 bits per heavy atom. The number of rotatable bonds is 6. The Balaban J connectivity index is 2.23. The summed E-state index contributed by atoms with van der Waals surface area (Å²) < 4.78 is 0. The maximum absolute atomic E-state index is 11.2. The van der Waals surface area contributed by atoms with E-state index in [1.165, 1.54) is 0 Å². The lowest BCUT2D eigenvalue weighted by molar-refractivity contribution is 0.0990. The maximum atomic E-state index is 11.2. The van der Waals surface area contributed by atoms with Gasteiger partial charge in [0.15, 0.2) is 0 Å². The number of hydrogen-bond donors (Lipinski definition) is 3. The summed E-state index contributed by atoms with van der Waals surface area (Å²) in [5.74, 6) is 0.281. The highest BCUT2D eigenvalue weighted by molar-refractivity contribution is 5.75. The first-order valence-electron chi connectivity index (χ1n) is 7.05. The molecule has 0 aliphatic heterocycles. The molecule has 1 aromatic heterocycles. The quantitative estimate of drug-likeness (QED) is 0.748. The van der Waals surface area contributed by atoms with Crippen LogP contribution < -0.4 is 5.69 Å². The molecule has 19 heavy (non-hydrogen) atoms. The Kier molecular flexibility index (Phi) is 4.43. The second kappa shape index (κ2) is 6.06. The van der Waals surface area contributed by atoms with Crippen molar-refractivity contribution in [2.24, 2.45) is 5.92 Å². The van der Waals surface area contributed by atoms with Gasteiger partial charge in [-0.2, -0.15) is 0 Å². The van der Waals surface area contributed by atoms with Gasteiger partial charge in [-0.1, -0.05) is 39.2 Å². The van der Waals surface area contributed by atoms with E-state index in [4.69, 9.17) is 0 Å². The van der Waals surface area contributed by atoms with Gasteiger partial charge in [-0.15, -0.1) is 0 Å². The Labute approximate surface area is 112 Å². The number of H-pyrrole nitrogens is 2. The standard InChI is InChI=1S/C15H22N2O2/c1-3-5-6-10(4-2)14(18)11-7-8-12-13(9-11)17-15(19)16-12/h7-10,14,18H,3-6H2,1-2H3,(H2,16,17,19). The van der Waals surface area contributed by atoms with Crippen molar-refractivity contribution >= 4 is 11.0 Å². The molecule has 1 aromatic carbocycles. The van der Waals surface area contributed by atoms with E-state index in [1.54, 1.807) is 0 Å². The lowest BCUT2D eigenvalue weighted by atomic mass is 9.89. The van der Waals surface area contributed by atoms with Crippen LogP contribution in [0.3, 0.4) is 0 Å². The molecule has 2 unspecified atom stereocenters. The second-order valence-electron chi connectivity index (χ2n) is 5.14. The van der Waals surface area contributed by atoms with E-state index in [2.05, 4.69) is 23.8 Å². The molecule has 0 saturated carbocycles. The van der Waals surface area contributed by atoms with Crippen LogP contribution in [0, 0.1) is 5.92 Å². The SMILES string of the molecule is CCCCC(CC)C(O)c1ccc2[nH]c(=O)[nH]c2c1. The molecular formula is C15H22N2O2. The highest BCUT2D eigenvalue weighted by Crippen LogP contribution is 2.29. The van der Waals surface area contributed by atoms with Crippen LogP contribution in [0.15, 0.2) is 23.0 Å². The first-order valence-corrected chi connectivity index (χ1v) is 7.05. The van der Waals surface area contributed by atoms with Crippen LogP contribution in [-0.4, -0.2) is 15.1 Å². The number of hydrogen-bond acceptors (Lipinski definition) is 2. The maximum Gasteiger partial charge on any atom is 0.323 e. The van der Waals surface area contributed by atoms with E-state index in [0.717, 1.165) is 42.3 Å². The summed E-state index contributed by atoms with van der Waals surface area (Å²) >= 11 is 0. The summed E-state index contributed by atoms with van der Waals surface area (Å²) in [6, 6.07) is 5.61. The first-order chi connectivity index (χ1) is 9.15. The average Bonchev–Trinajstić information content (AvgIpc) is 2.78. The average molecular weight is 262 g/mol. The topological polar surface area (TPSA) is 68.9 Å². The van der Waals surface area contributed by atoms with E-state index >= 15 is 0 Å². The summed E-state index contributed by atoms with van der Waals surface area (Å²) in [6.45, 7) is 4.27. The first kappa shape index (κ1) is 13.9. The van der Waals surface area contributed by atoms with Gasteiger partial charge >= 0.3 is 5.69 Å². The van der Waals surface area contributed by atoms with Gasteiger partial charge in [0.05, 0.1) is 17.1 Å². The van der Waals surface area contributed by atoms with Gasteiger partial charge in [0.2, 0.25) is 0 Å². The normalized spacial score (nSPS) is 14.7. The van der Waals surface area contributed by atoms with Crippen molar-refractivity contribution in [1.29, 1.82) is 0 Å². The predicted octanol–water partition coefficient (Wildman–Crippen LogP) is 3.11. The van der Waals surface area contributed by atoms with Crippen LogP contribution in [0.5, 0.6) is 0 Å². The molecule has 0 radical (unpaired) electrons. The number of nitrogens with one attached hydrogen (secondary N) is 2. The van der Waals surface area contributed by atoms with Crippen LogP contribution in [0.4, 0.5) is 0 Å². The zero-order chi connectivity index (χ0) is 13.8. The summed E-state index contributed by atoms with van der Waals surface area (Å²) in [5, 5.41) is 10.5. The van der Waals surface area contributed by atoms with Gasteiger partial charge in [0, 0.05) is 0 Å². The Morgan fingerprint density at radius 1 is 1.21 bits per heavy atom. The van der Waals surface area contributed by atoms with Crippen molar-refractivity contribution in [3.63, 3.8) is 0 Å². The monoisotopic (exact) mass is 262 g/mol. The Hall–Kier alpha value is -1.55.